The van der Waals surface area contributed by atoms with E-state index in [1.165, 1.54) is 0 Å². The SMILES string of the molecule is CC(C)CC(CCO)CNC(=O)CCN.Cl. The summed E-state index contributed by atoms with van der Waals surface area (Å²) >= 11 is 0. The van der Waals surface area contributed by atoms with Crippen LogP contribution in [0.5, 0.6) is 0 Å². The molecule has 0 aliphatic rings. The lowest BCUT2D eigenvalue weighted by Gasteiger charge is -2.18. The molecule has 1 atom stereocenters. The minimum absolute atomic E-state index is 0. The highest BCUT2D eigenvalue weighted by molar-refractivity contribution is 5.85. The van der Waals surface area contributed by atoms with Crippen LogP contribution in [0.15, 0.2) is 0 Å². The number of aliphatic hydroxyl groups is 1. The topological polar surface area (TPSA) is 75.3 Å². The highest BCUT2D eigenvalue weighted by atomic mass is 35.5. The van der Waals surface area contributed by atoms with Gasteiger partial charge in [-0.25, -0.2) is 0 Å². The van der Waals surface area contributed by atoms with Gasteiger partial charge < -0.3 is 16.2 Å². The molecule has 98 valence electrons. The quantitative estimate of drug-likeness (QED) is 0.601. The van der Waals surface area contributed by atoms with Crippen molar-refractivity contribution < 1.29 is 9.90 Å². The number of amides is 1. The van der Waals surface area contributed by atoms with Crippen LogP contribution in [0.3, 0.4) is 0 Å². The molecule has 1 unspecified atom stereocenters. The van der Waals surface area contributed by atoms with E-state index in [9.17, 15) is 4.79 Å². The van der Waals surface area contributed by atoms with E-state index in [0.717, 1.165) is 12.8 Å². The summed E-state index contributed by atoms with van der Waals surface area (Å²) in [5.74, 6) is 0.967. The smallest absolute Gasteiger partial charge is 0.221 e. The number of carbonyl (C=O) groups is 1. The molecule has 1 amide bonds. The van der Waals surface area contributed by atoms with Gasteiger partial charge in [-0.05, 0) is 24.7 Å². The lowest BCUT2D eigenvalue weighted by atomic mass is 9.94. The molecule has 0 aromatic rings. The van der Waals surface area contributed by atoms with Crippen LogP contribution >= 0.6 is 12.4 Å². The molecular weight excluding hydrogens is 228 g/mol. The van der Waals surface area contributed by atoms with E-state index in [0.29, 0.717) is 31.3 Å². The molecule has 0 aromatic heterocycles. The van der Waals surface area contributed by atoms with Crippen LogP contribution in [0.1, 0.15) is 33.1 Å². The maximum absolute atomic E-state index is 11.2. The molecule has 0 heterocycles. The van der Waals surface area contributed by atoms with Gasteiger partial charge in [-0.15, -0.1) is 12.4 Å². The predicted molar refractivity (Wildman–Crippen MR) is 68.6 cm³/mol. The molecule has 0 aliphatic heterocycles. The van der Waals surface area contributed by atoms with E-state index < -0.39 is 0 Å². The zero-order valence-electron chi connectivity index (χ0n) is 10.2. The van der Waals surface area contributed by atoms with Gasteiger partial charge in [0, 0.05) is 26.1 Å². The Hall–Kier alpha value is -0.320. The van der Waals surface area contributed by atoms with Gasteiger partial charge in [-0.3, -0.25) is 4.79 Å². The fraction of sp³-hybridized carbons (Fsp3) is 0.909. The van der Waals surface area contributed by atoms with Crippen LogP contribution in [0.25, 0.3) is 0 Å². The zero-order valence-corrected chi connectivity index (χ0v) is 11.1. The van der Waals surface area contributed by atoms with Crippen molar-refractivity contribution in [1.29, 1.82) is 0 Å². The number of aliphatic hydroxyl groups excluding tert-OH is 1. The van der Waals surface area contributed by atoms with Crippen LogP contribution in [-0.4, -0.2) is 30.7 Å². The van der Waals surface area contributed by atoms with Crippen molar-refractivity contribution in [1.82, 2.24) is 5.32 Å². The van der Waals surface area contributed by atoms with E-state index in [2.05, 4.69) is 19.2 Å². The molecule has 0 aromatic carbocycles. The summed E-state index contributed by atoms with van der Waals surface area (Å²) in [6.07, 6.45) is 2.16. The summed E-state index contributed by atoms with van der Waals surface area (Å²) in [7, 11) is 0. The number of carbonyl (C=O) groups excluding carboxylic acids is 1. The fourth-order valence-electron chi connectivity index (χ4n) is 1.63. The Bertz CT molecular complexity index is 177. The largest absolute Gasteiger partial charge is 0.396 e. The van der Waals surface area contributed by atoms with E-state index in [-0.39, 0.29) is 24.9 Å². The standard InChI is InChI=1S/C11H24N2O2.ClH/c1-9(2)7-10(4-6-14)8-13-11(15)3-5-12;/h9-10,14H,3-8,12H2,1-2H3,(H,13,15);1H. The van der Waals surface area contributed by atoms with E-state index in [1.54, 1.807) is 0 Å². The van der Waals surface area contributed by atoms with Crippen LogP contribution in [0.2, 0.25) is 0 Å². The third-order valence-electron chi connectivity index (χ3n) is 2.30. The normalized spacial score (nSPS) is 12.1. The number of nitrogens with one attached hydrogen (secondary N) is 1. The molecule has 0 aliphatic carbocycles. The second kappa shape index (κ2) is 11.2. The second-order valence-electron chi connectivity index (χ2n) is 4.35. The Morgan fingerprint density at radius 1 is 1.44 bits per heavy atom. The Morgan fingerprint density at radius 2 is 2.06 bits per heavy atom. The van der Waals surface area contributed by atoms with Crippen LogP contribution in [0.4, 0.5) is 0 Å². The summed E-state index contributed by atoms with van der Waals surface area (Å²) in [6.45, 7) is 5.51. The number of hydrogen-bond donors (Lipinski definition) is 3. The average molecular weight is 253 g/mol. The van der Waals surface area contributed by atoms with Crippen LogP contribution in [-0.2, 0) is 4.79 Å². The van der Waals surface area contributed by atoms with Gasteiger partial charge in [0.25, 0.3) is 0 Å². The highest BCUT2D eigenvalue weighted by Gasteiger charge is 2.11. The zero-order chi connectivity index (χ0) is 11.7. The number of hydrogen-bond acceptors (Lipinski definition) is 3. The number of rotatable bonds is 8. The maximum Gasteiger partial charge on any atom is 0.221 e. The van der Waals surface area contributed by atoms with Gasteiger partial charge in [0.05, 0.1) is 0 Å². The Morgan fingerprint density at radius 3 is 2.50 bits per heavy atom. The molecule has 0 radical (unpaired) electrons. The van der Waals surface area contributed by atoms with Gasteiger partial charge in [-0.2, -0.15) is 0 Å². The molecular formula is C11H25ClN2O2. The van der Waals surface area contributed by atoms with Gasteiger partial charge in [0.15, 0.2) is 0 Å². The van der Waals surface area contributed by atoms with Crippen molar-refractivity contribution >= 4 is 18.3 Å². The van der Waals surface area contributed by atoms with Crippen molar-refractivity contribution in [2.75, 3.05) is 19.7 Å². The maximum atomic E-state index is 11.2. The summed E-state index contributed by atoms with van der Waals surface area (Å²) in [5.41, 5.74) is 5.27. The minimum Gasteiger partial charge on any atom is -0.396 e. The molecule has 5 heteroatoms. The fourth-order valence-corrected chi connectivity index (χ4v) is 1.63. The molecule has 16 heavy (non-hydrogen) atoms. The third-order valence-corrected chi connectivity index (χ3v) is 2.30. The second-order valence-corrected chi connectivity index (χ2v) is 4.35. The minimum atomic E-state index is 0. The molecule has 0 bridgehead atoms. The monoisotopic (exact) mass is 252 g/mol. The summed E-state index contributed by atoms with van der Waals surface area (Å²) < 4.78 is 0. The average Bonchev–Trinajstić information content (AvgIpc) is 2.14. The summed E-state index contributed by atoms with van der Waals surface area (Å²) in [6, 6.07) is 0. The Balaban J connectivity index is 0. The summed E-state index contributed by atoms with van der Waals surface area (Å²) in [5, 5.41) is 11.7. The van der Waals surface area contributed by atoms with E-state index in [1.807, 2.05) is 0 Å². The first kappa shape index (κ1) is 18.1. The predicted octanol–water partition coefficient (Wildman–Crippen LogP) is 0.918. The van der Waals surface area contributed by atoms with Crippen molar-refractivity contribution in [3.8, 4) is 0 Å². The molecule has 0 saturated carbocycles. The van der Waals surface area contributed by atoms with Gasteiger partial charge in [-0.1, -0.05) is 13.8 Å². The number of halogens is 1. The molecule has 4 N–H and O–H groups in total. The van der Waals surface area contributed by atoms with Gasteiger partial charge in [0.1, 0.15) is 0 Å². The van der Waals surface area contributed by atoms with Crippen molar-refractivity contribution in [3.05, 3.63) is 0 Å². The number of nitrogens with two attached hydrogens (primary N) is 1. The first-order chi connectivity index (χ1) is 7.10. The highest BCUT2D eigenvalue weighted by Crippen LogP contribution is 2.14. The molecule has 0 saturated heterocycles. The molecule has 4 nitrogen and oxygen atoms in total. The van der Waals surface area contributed by atoms with Gasteiger partial charge >= 0.3 is 0 Å². The Kier molecular flexibility index (Phi) is 12.6. The van der Waals surface area contributed by atoms with Crippen molar-refractivity contribution in [2.24, 2.45) is 17.6 Å². The van der Waals surface area contributed by atoms with E-state index in [4.69, 9.17) is 10.8 Å². The third kappa shape index (κ3) is 10.2. The lowest BCUT2D eigenvalue weighted by Crippen LogP contribution is -2.31. The first-order valence-corrected chi connectivity index (χ1v) is 5.67. The first-order valence-electron chi connectivity index (χ1n) is 5.67. The van der Waals surface area contributed by atoms with E-state index >= 15 is 0 Å². The van der Waals surface area contributed by atoms with Crippen LogP contribution in [0, 0.1) is 11.8 Å². The molecule has 0 spiro atoms. The Labute approximate surface area is 104 Å². The van der Waals surface area contributed by atoms with Crippen LogP contribution < -0.4 is 11.1 Å². The molecule has 0 rings (SSSR count). The summed E-state index contributed by atoms with van der Waals surface area (Å²) in [4.78, 5) is 11.2. The van der Waals surface area contributed by atoms with Gasteiger partial charge in [0.2, 0.25) is 5.91 Å². The van der Waals surface area contributed by atoms with Crippen molar-refractivity contribution in [2.45, 2.75) is 33.1 Å². The molecule has 0 fully saturated rings. The van der Waals surface area contributed by atoms with Crippen molar-refractivity contribution in [3.63, 3.8) is 0 Å². The lowest BCUT2D eigenvalue weighted by molar-refractivity contribution is -0.121.